The second kappa shape index (κ2) is 5.77. The predicted molar refractivity (Wildman–Crippen MR) is 84.1 cm³/mol. The summed E-state index contributed by atoms with van der Waals surface area (Å²) in [5.41, 5.74) is 2.21. The minimum atomic E-state index is -0.962. The van der Waals surface area contributed by atoms with Crippen LogP contribution < -0.4 is 9.64 Å². The molecule has 21 heavy (non-hydrogen) atoms. The van der Waals surface area contributed by atoms with Gasteiger partial charge in [0.2, 0.25) is 0 Å². The van der Waals surface area contributed by atoms with Gasteiger partial charge in [-0.1, -0.05) is 34.1 Å². The first-order chi connectivity index (χ1) is 10.1. The van der Waals surface area contributed by atoms with Crippen molar-refractivity contribution >= 4 is 27.6 Å². The molecule has 5 heteroatoms. The van der Waals surface area contributed by atoms with E-state index in [2.05, 4.69) is 33.0 Å². The maximum Gasteiger partial charge on any atom is 0.339 e. The van der Waals surface area contributed by atoms with Gasteiger partial charge in [0.15, 0.2) is 5.75 Å². The van der Waals surface area contributed by atoms with E-state index in [-0.39, 0.29) is 5.56 Å². The van der Waals surface area contributed by atoms with Gasteiger partial charge in [-0.05, 0) is 29.8 Å². The molecule has 108 valence electrons. The van der Waals surface area contributed by atoms with Crippen LogP contribution in [0, 0.1) is 0 Å². The molecule has 0 spiro atoms. The third-order valence-electron chi connectivity index (χ3n) is 3.44. The molecule has 0 bridgehead atoms. The van der Waals surface area contributed by atoms with Gasteiger partial charge < -0.3 is 14.7 Å². The van der Waals surface area contributed by atoms with Gasteiger partial charge in [-0.25, -0.2) is 4.79 Å². The van der Waals surface area contributed by atoms with Gasteiger partial charge in [-0.15, -0.1) is 0 Å². The van der Waals surface area contributed by atoms with Gasteiger partial charge in [-0.2, -0.15) is 0 Å². The lowest BCUT2D eigenvalue weighted by molar-refractivity contribution is 0.0692. The summed E-state index contributed by atoms with van der Waals surface area (Å²) in [6, 6.07) is 13.3. The van der Waals surface area contributed by atoms with Crippen molar-refractivity contribution in [2.45, 2.75) is 6.54 Å². The number of carboxylic acid groups (broad SMARTS) is 1. The number of carboxylic acids is 1. The predicted octanol–water partition coefficient (Wildman–Crippen LogP) is 3.55. The number of hydrogen-bond donors (Lipinski definition) is 1. The van der Waals surface area contributed by atoms with Crippen molar-refractivity contribution in [2.75, 3.05) is 18.1 Å². The average Bonchev–Trinajstić information content (AvgIpc) is 2.47. The summed E-state index contributed by atoms with van der Waals surface area (Å²) in [7, 11) is 0. The first-order valence-corrected chi connectivity index (χ1v) is 7.43. The van der Waals surface area contributed by atoms with Crippen LogP contribution in [0.25, 0.3) is 0 Å². The lowest BCUT2D eigenvalue weighted by Crippen LogP contribution is -2.32. The summed E-state index contributed by atoms with van der Waals surface area (Å²) in [5.74, 6) is -0.498. The molecular weight excluding hydrogens is 334 g/mol. The van der Waals surface area contributed by atoms with Gasteiger partial charge >= 0.3 is 5.97 Å². The van der Waals surface area contributed by atoms with Crippen molar-refractivity contribution < 1.29 is 14.6 Å². The molecule has 1 heterocycles. The largest absolute Gasteiger partial charge is 0.489 e. The minimum absolute atomic E-state index is 0.214. The summed E-state index contributed by atoms with van der Waals surface area (Å²) in [6.45, 7) is 1.95. The van der Waals surface area contributed by atoms with Crippen LogP contribution in [0.3, 0.4) is 0 Å². The molecule has 1 aliphatic rings. The average molecular weight is 348 g/mol. The number of nitrogens with zero attached hydrogens (tertiary/aromatic N) is 1. The third kappa shape index (κ3) is 2.88. The van der Waals surface area contributed by atoms with Crippen molar-refractivity contribution in [3.63, 3.8) is 0 Å². The second-order valence-electron chi connectivity index (χ2n) is 4.86. The van der Waals surface area contributed by atoms with Crippen LogP contribution in [0.2, 0.25) is 0 Å². The quantitative estimate of drug-likeness (QED) is 0.922. The van der Waals surface area contributed by atoms with E-state index in [1.165, 1.54) is 0 Å². The number of anilines is 1. The van der Waals surface area contributed by atoms with Gasteiger partial charge in [0.25, 0.3) is 0 Å². The second-order valence-corrected chi connectivity index (χ2v) is 5.77. The van der Waals surface area contributed by atoms with Gasteiger partial charge in [0.1, 0.15) is 12.2 Å². The van der Waals surface area contributed by atoms with E-state index >= 15 is 0 Å². The zero-order valence-electron chi connectivity index (χ0n) is 11.3. The molecule has 0 unspecified atom stereocenters. The maximum absolute atomic E-state index is 11.3. The van der Waals surface area contributed by atoms with Gasteiger partial charge in [0.05, 0.1) is 12.2 Å². The molecule has 0 fully saturated rings. The van der Waals surface area contributed by atoms with Crippen molar-refractivity contribution in [1.82, 2.24) is 0 Å². The summed E-state index contributed by atoms with van der Waals surface area (Å²) in [5, 5.41) is 9.25. The van der Waals surface area contributed by atoms with E-state index in [1.54, 1.807) is 12.1 Å². The molecule has 0 radical (unpaired) electrons. The molecule has 0 saturated carbocycles. The van der Waals surface area contributed by atoms with E-state index in [0.29, 0.717) is 12.4 Å². The Balaban J connectivity index is 1.94. The molecule has 0 aromatic heterocycles. The van der Waals surface area contributed by atoms with Crippen LogP contribution in [0.5, 0.6) is 5.75 Å². The Morgan fingerprint density at radius 2 is 2.10 bits per heavy atom. The topological polar surface area (TPSA) is 49.8 Å². The Bertz CT molecular complexity index is 687. The number of hydrogen-bond acceptors (Lipinski definition) is 3. The number of benzene rings is 2. The summed E-state index contributed by atoms with van der Waals surface area (Å²) >= 11 is 3.47. The summed E-state index contributed by atoms with van der Waals surface area (Å²) < 4.78 is 6.61. The summed E-state index contributed by atoms with van der Waals surface area (Å²) in [4.78, 5) is 13.4. The standard InChI is InChI=1S/C16H14BrNO3/c17-12-4-1-3-11(9-12)10-18-7-8-21-15-13(16(19)20)5-2-6-14(15)18/h1-6,9H,7-8,10H2,(H,19,20). The Labute approximate surface area is 131 Å². The highest BCUT2D eigenvalue weighted by atomic mass is 79.9. The van der Waals surface area contributed by atoms with Crippen LogP contribution in [-0.2, 0) is 6.54 Å². The van der Waals surface area contributed by atoms with Crippen LogP contribution in [0.1, 0.15) is 15.9 Å². The number of rotatable bonds is 3. The van der Waals surface area contributed by atoms with Crippen LogP contribution in [0.15, 0.2) is 46.9 Å². The van der Waals surface area contributed by atoms with E-state index in [4.69, 9.17) is 4.74 Å². The fraction of sp³-hybridized carbons (Fsp3) is 0.188. The van der Waals surface area contributed by atoms with Crippen LogP contribution in [0.4, 0.5) is 5.69 Å². The van der Waals surface area contributed by atoms with Crippen molar-refractivity contribution in [2.24, 2.45) is 0 Å². The molecule has 0 amide bonds. The molecular formula is C16H14BrNO3. The number of fused-ring (bicyclic) bond motifs is 1. The van der Waals surface area contributed by atoms with E-state index in [1.807, 2.05) is 18.2 Å². The van der Waals surface area contributed by atoms with Crippen LogP contribution in [-0.4, -0.2) is 24.2 Å². The van der Waals surface area contributed by atoms with E-state index in [9.17, 15) is 9.90 Å². The number of carbonyl (C=O) groups is 1. The molecule has 0 aliphatic carbocycles. The lowest BCUT2D eigenvalue weighted by atomic mass is 10.1. The lowest BCUT2D eigenvalue weighted by Gasteiger charge is -2.32. The zero-order valence-corrected chi connectivity index (χ0v) is 12.8. The number of halogens is 1. The first-order valence-electron chi connectivity index (χ1n) is 6.63. The SMILES string of the molecule is O=C(O)c1cccc2c1OCCN2Cc1cccc(Br)c1. The Morgan fingerprint density at radius 1 is 1.29 bits per heavy atom. The molecule has 0 atom stereocenters. The van der Waals surface area contributed by atoms with E-state index < -0.39 is 5.97 Å². The maximum atomic E-state index is 11.3. The smallest absolute Gasteiger partial charge is 0.339 e. The highest BCUT2D eigenvalue weighted by Crippen LogP contribution is 2.35. The number of para-hydroxylation sites is 1. The van der Waals surface area contributed by atoms with E-state index in [0.717, 1.165) is 28.8 Å². The van der Waals surface area contributed by atoms with Crippen molar-refractivity contribution in [3.05, 3.63) is 58.1 Å². The minimum Gasteiger partial charge on any atom is -0.489 e. The molecule has 1 aliphatic heterocycles. The Morgan fingerprint density at radius 3 is 2.86 bits per heavy atom. The first kappa shape index (κ1) is 13.9. The zero-order chi connectivity index (χ0) is 14.8. The highest BCUT2D eigenvalue weighted by Gasteiger charge is 2.23. The van der Waals surface area contributed by atoms with Crippen molar-refractivity contribution in [1.29, 1.82) is 0 Å². The molecule has 3 rings (SSSR count). The Hall–Kier alpha value is -2.01. The fourth-order valence-electron chi connectivity index (χ4n) is 2.49. The molecule has 0 saturated heterocycles. The highest BCUT2D eigenvalue weighted by molar-refractivity contribution is 9.10. The monoisotopic (exact) mass is 347 g/mol. The van der Waals surface area contributed by atoms with Gasteiger partial charge in [-0.3, -0.25) is 0 Å². The number of aromatic carboxylic acids is 1. The molecule has 2 aromatic rings. The Kier molecular flexibility index (Phi) is 3.84. The summed E-state index contributed by atoms with van der Waals surface area (Å²) in [6.07, 6.45) is 0. The normalized spacial score (nSPS) is 13.5. The third-order valence-corrected chi connectivity index (χ3v) is 3.93. The van der Waals surface area contributed by atoms with Crippen molar-refractivity contribution in [3.8, 4) is 5.75 Å². The van der Waals surface area contributed by atoms with Gasteiger partial charge in [0, 0.05) is 11.0 Å². The molecule has 2 aromatic carbocycles. The van der Waals surface area contributed by atoms with Crippen LogP contribution >= 0.6 is 15.9 Å². The number of ether oxygens (including phenoxy) is 1. The molecule has 1 N–H and O–H groups in total. The molecule has 4 nitrogen and oxygen atoms in total. The fourth-order valence-corrected chi connectivity index (χ4v) is 2.94.